The van der Waals surface area contributed by atoms with E-state index in [1.165, 1.54) is 0 Å². The third-order valence-corrected chi connectivity index (χ3v) is 3.87. The van der Waals surface area contributed by atoms with Crippen LogP contribution in [0.3, 0.4) is 0 Å². The number of rotatable bonds is 13. The van der Waals surface area contributed by atoms with Crippen LogP contribution in [-0.4, -0.2) is 87.5 Å². The Bertz CT molecular complexity index is 611. The lowest BCUT2D eigenvalue weighted by Gasteiger charge is -2.24. The van der Waals surface area contributed by atoms with E-state index in [1.54, 1.807) is 13.8 Å². The minimum atomic E-state index is -1.53. The lowest BCUT2D eigenvalue weighted by atomic mass is 10.0. The van der Waals surface area contributed by atoms with Crippen molar-refractivity contribution in [1.29, 1.82) is 0 Å². The molecule has 166 valence electrons. The van der Waals surface area contributed by atoms with Gasteiger partial charge in [-0.15, -0.1) is 0 Å². The molecule has 0 aromatic rings. The molecule has 0 spiro atoms. The molecule has 0 saturated heterocycles. The second-order valence-corrected chi connectivity index (χ2v) is 6.59. The zero-order valence-corrected chi connectivity index (χ0v) is 16.1. The second kappa shape index (κ2) is 12.6. The third-order valence-electron chi connectivity index (χ3n) is 3.87. The molecule has 0 aliphatic rings. The van der Waals surface area contributed by atoms with Crippen molar-refractivity contribution < 1.29 is 44.4 Å². The van der Waals surface area contributed by atoms with E-state index in [4.69, 9.17) is 15.9 Å². The minimum Gasteiger partial charge on any atom is -0.481 e. The maximum Gasteiger partial charge on any atom is 0.326 e. The Balaban J connectivity index is 4.95. The van der Waals surface area contributed by atoms with Crippen LogP contribution in [0.2, 0.25) is 0 Å². The molecule has 9 N–H and O–H groups in total. The van der Waals surface area contributed by atoms with Gasteiger partial charge in [-0.1, -0.05) is 13.8 Å². The van der Waals surface area contributed by atoms with E-state index >= 15 is 0 Å². The summed E-state index contributed by atoms with van der Waals surface area (Å²) in [4.78, 5) is 57.9. The van der Waals surface area contributed by atoms with Gasteiger partial charge in [0, 0.05) is 6.42 Å². The molecule has 0 bridgehead atoms. The fourth-order valence-electron chi connectivity index (χ4n) is 2.12. The summed E-state index contributed by atoms with van der Waals surface area (Å²) in [5.74, 6) is -5.82. The Morgan fingerprint density at radius 3 is 1.66 bits per heavy atom. The first-order chi connectivity index (χ1) is 13.4. The number of nitrogens with one attached hydrogen (secondary N) is 3. The van der Waals surface area contributed by atoms with Crippen molar-refractivity contribution in [3.63, 3.8) is 0 Å². The van der Waals surface area contributed by atoms with Crippen LogP contribution in [0.1, 0.15) is 26.7 Å². The molecular formula is C16H28N4O9. The fraction of sp³-hybridized carbons (Fsp3) is 0.688. The first-order valence-electron chi connectivity index (χ1n) is 8.77. The molecule has 3 amide bonds. The maximum absolute atomic E-state index is 12.2. The summed E-state index contributed by atoms with van der Waals surface area (Å²) in [6.45, 7) is 1.37. The average Bonchev–Trinajstić information content (AvgIpc) is 2.64. The summed E-state index contributed by atoms with van der Waals surface area (Å²) < 4.78 is 0. The van der Waals surface area contributed by atoms with Gasteiger partial charge in [0.25, 0.3) is 0 Å². The van der Waals surface area contributed by atoms with E-state index in [2.05, 4.69) is 16.0 Å². The molecule has 0 aliphatic heterocycles. The van der Waals surface area contributed by atoms with E-state index in [9.17, 15) is 34.2 Å². The first-order valence-corrected chi connectivity index (χ1v) is 8.77. The molecule has 0 rings (SSSR count). The SMILES string of the molecule is CC(C)[C@H](NC(=O)[C@H](CO)NC(=O)[C@H](CO)NC(=O)[C@@H](N)CCC(=O)O)C(=O)O. The number of carbonyl (C=O) groups excluding carboxylic acids is 3. The Hall–Kier alpha value is -2.77. The predicted molar refractivity (Wildman–Crippen MR) is 97.3 cm³/mol. The topological polar surface area (TPSA) is 228 Å². The van der Waals surface area contributed by atoms with Gasteiger partial charge in [0.1, 0.15) is 18.1 Å². The molecule has 29 heavy (non-hydrogen) atoms. The van der Waals surface area contributed by atoms with Gasteiger partial charge in [-0.05, 0) is 12.3 Å². The minimum absolute atomic E-state index is 0.200. The number of nitrogens with two attached hydrogens (primary N) is 1. The molecule has 0 unspecified atom stereocenters. The van der Waals surface area contributed by atoms with Gasteiger partial charge in [-0.25, -0.2) is 4.79 Å². The lowest BCUT2D eigenvalue weighted by Crippen LogP contribution is -2.59. The summed E-state index contributed by atoms with van der Waals surface area (Å²) in [5, 5.41) is 42.7. The number of aliphatic hydroxyl groups is 2. The Morgan fingerprint density at radius 2 is 1.28 bits per heavy atom. The van der Waals surface area contributed by atoms with Crippen molar-refractivity contribution in [3.8, 4) is 0 Å². The van der Waals surface area contributed by atoms with Gasteiger partial charge < -0.3 is 42.1 Å². The predicted octanol–water partition coefficient (Wildman–Crippen LogP) is -3.64. The van der Waals surface area contributed by atoms with E-state index in [1.807, 2.05) is 0 Å². The third kappa shape index (κ3) is 9.32. The number of hydrogen-bond acceptors (Lipinski definition) is 8. The Kier molecular flexibility index (Phi) is 11.4. The van der Waals surface area contributed by atoms with E-state index in [0.717, 1.165) is 0 Å². The first kappa shape index (κ1) is 26.2. The zero-order chi connectivity index (χ0) is 22.7. The van der Waals surface area contributed by atoms with Crippen molar-refractivity contribution in [1.82, 2.24) is 16.0 Å². The highest BCUT2D eigenvalue weighted by Crippen LogP contribution is 2.02. The molecule has 0 saturated carbocycles. The van der Waals surface area contributed by atoms with Crippen LogP contribution in [0.25, 0.3) is 0 Å². The number of aliphatic hydroxyl groups excluding tert-OH is 2. The summed E-state index contributed by atoms with van der Waals surface area (Å²) in [6, 6.07) is -5.56. The van der Waals surface area contributed by atoms with Crippen molar-refractivity contribution in [2.45, 2.75) is 50.9 Å². The average molecular weight is 420 g/mol. The number of carboxylic acid groups (broad SMARTS) is 2. The fourth-order valence-corrected chi connectivity index (χ4v) is 2.12. The van der Waals surface area contributed by atoms with E-state index < -0.39 is 73.0 Å². The highest BCUT2D eigenvalue weighted by molar-refractivity contribution is 5.94. The number of amides is 3. The van der Waals surface area contributed by atoms with Gasteiger partial charge in [0.2, 0.25) is 17.7 Å². The van der Waals surface area contributed by atoms with Gasteiger partial charge >= 0.3 is 11.9 Å². The quantitative estimate of drug-likeness (QED) is 0.146. The second-order valence-electron chi connectivity index (χ2n) is 6.59. The summed E-state index contributed by atoms with van der Waals surface area (Å²) in [5.41, 5.74) is 5.51. The van der Waals surface area contributed by atoms with Crippen LogP contribution >= 0.6 is 0 Å². The van der Waals surface area contributed by atoms with Gasteiger partial charge in [0.05, 0.1) is 19.3 Å². The normalized spacial score (nSPS) is 15.0. The highest BCUT2D eigenvalue weighted by Gasteiger charge is 2.30. The molecular weight excluding hydrogens is 392 g/mol. The standard InChI is InChI=1S/C16H28N4O9/c1-7(2)12(16(28)29)20-15(27)10(6-22)19-14(26)9(5-21)18-13(25)8(17)3-4-11(23)24/h7-10,12,21-22H,3-6,17H2,1-2H3,(H,18,25)(H,19,26)(H,20,27)(H,23,24)(H,28,29)/t8-,9-,10-,12-/m0/s1. The van der Waals surface area contributed by atoms with E-state index in [-0.39, 0.29) is 12.8 Å². The van der Waals surface area contributed by atoms with Crippen molar-refractivity contribution >= 4 is 29.7 Å². The van der Waals surface area contributed by atoms with Gasteiger partial charge in [0.15, 0.2) is 0 Å². The summed E-state index contributed by atoms with van der Waals surface area (Å²) in [6.07, 6.45) is -0.577. The van der Waals surface area contributed by atoms with Crippen LogP contribution in [0, 0.1) is 5.92 Å². The number of carboxylic acids is 2. The van der Waals surface area contributed by atoms with E-state index in [0.29, 0.717) is 0 Å². The molecule has 0 aliphatic carbocycles. The zero-order valence-electron chi connectivity index (χ0n) is 16.1. The maximum atomic E-state index is 12.2. The van der Waals surface area contributed by atoms with Gasteiger partial charge in [-0.2, -0.15) is 0 Å². The summed E-state index contributed by atoms with van der Waals surface area (Å²) in [7, 11) is 0. The molecule has 0 heterocycles. The van der Waals surface area contributed by atoms with Crippen LogP contribution < -0.4 is 21.7 Å². The van der Waals surface area contributed by atoms with Gasteiger partial charge in [-0.3, -0.25) is 19.2 Å². The lowest BCUT2D eigenvalue weighted by molar-refractivity contribution is -0.144. The molecule has 0 fully saturated rings. The number of carbonyl (C=O) groups is 5. The molecule has 0 radical (unpaired) electrons. The van der Waals surface area contributed by atoms with Crippen LogP contribution in [0.4, 0.5) is 0 Å². The van der Waals surface area contributed by atoms with Crippen LogP contribution in [0.15, 0.2) is 0 Å². The summed E-state index contributed by atoms with van der Waals surface area (Å²) >= 11 is 0. The highest BCUT2D eigenvalue weighted by atomic mass is 16.4. The van der Waals surface area contributed by atoms with Crippen molar-refractivity contribution in [3.05, 3.63) is 0 Å². The largest absolute Gasteiger partial charge is 0.481 e. The smallest absolute Gasteiger partial charge is 0.326 e. The molecule has 0 aromatic heterocycles. The number of aliphatic carboxylic acids is 2. The Morgan fingerprint density at radius 1 is 0.828 bits per heavy atom. The Labute approximate surface area is 166 Å². The van der Waals surface area contributed by atoms with Crippen molar-refractivity contribution in [2.24, 2.45) is 11.7 Å². The van der Waals surface area contributed by atoms with Crippen LogP contribution in [-0.2, 0) is 24.0 Å². The van der Waals surface area contributed by atoms with Crippen LogP contribution in [0.5, 0.6) is 0 Å². The molecule has 13 nitrogen and oxygen atoms in total. The molecule has 4 atom stereocenters. The van der Waals surface area contributed by atoms with Crippen molar-refractivity contribution in [2.75, 3.05) is 13.2 Å². The monoisotopic (exact) mass is 420 g/mol. The number of hydrogen-bond donors (Lipinski definition) is 8. The molecule has 13 heteroatoms. The molecule has 0 aromatic carbocycles.